The molecule has 2 atom stereocenters. The second-order valence-electron chi connectivity index (χ2n) is 8.63. The van der Waals surface area contributed by atoms with Crippen LogP contribution in [0.5, 0.6) is 0 Å². The maximum atomic E-state index is 12.7. The summed E-state index contributed by atoms with van der Waals surface area (Å²) < 4.78 is 0. The number of amides is 1. The molecular formula is C22H35N4OS+. The highest BCUT2D eigenvalue weighted by atomic mass is 32.1. The molecule has 2 fully saturated rings. The van der Waals surface area contributed by atoms with Gasteiger partial charge in [-0.05, 0) is 42.5 Å². The minimum atomic E-state index is 0.324. The van der Waals surface area contributed by atoms with Crippen molar-refractivity contribution in [2.24, 2.45) is 11.8 Å². The number of quaternary nitrogens is 1. The Labute approximate surface area is 175 Å². The predicted molar refractivity (Wildman–Crippen MR) is 117 cm³/mol. The molecule has 0 saturated carbocycles. The molecule has 0 bridgehead atoms. The summed E-state index contributed by atoms with van der Waals surface area (Å²) in [5.74, 6) is 1.57. The van der Waals surface area contributed by atoms with Crippen molar-refractivity contribution in [2.75, 3.05) is 52.4 Å². The Morgan fingerprint density at radius 2 is 1.75 bits per heavy atom. The van der Waals surface area contributed by atoms with Crippen LogP contribution in [-0.4, -0.2) is 73.2 Å². The second kappa shape index (κ2) is 10.2. The van der Waals surface area contributed by atoms with Gasteiger partial charge in [0.15, 0.2) is 11.7 Å². The fourth-order valence-corrected chi connectivity index (χ4v) is 4.75. The van der Waals surface area contributed by atoms with Gasteiger partial charge in [-0.1, -0.05) is 44.2 Å². The number of hydrogen-bond donors (Lipinski definition) is 2. The topological polar surface area (TPSA) is 40.0 Å². The molecule has 3 rings (SSSR count). The summed E-state index contributed by atoms with van der Waals surface area (Å²) in [6, 6.07) is 10.5. The monoisotopic (exact) mass is 403 g/mol. The van der Waals surface area contributed by atoms with Gasteiger partial charge in [-0.15, -0.1) is 0 Å². The molecule has 28 heavy (non-hydrogen) atoms. The van der Waals surface area contributed by atoms with Crippen molar-refractivity contribution >= 4 is 23.2 Å². The first-order chi connectivity index (χ1) is 13.5. The van der Waals surface area contributed by atoms with Crippen LogP contribution in [0.15, 0.2) is 30.3 Å². The molecule has 6 heteroatoms. The quantitative estimate of drug-likeness (QED) is 0.714. The molecule has 1 amide bonds. The molecule has 0 aliphatic carbocycles. The maximum Gasteiger partial charge on any atom is 0.277 e. The van der Waals surface area contributed by atoms with Crippen LogP contribution in [0.2, 0.25) is 0 Å². The lowest BCUT2D eigenvalue weighted by Crippen LogP contribution is -3.16. The van der Waals surface area contributed by atoms with Crippen LogP contribution in [0.4, 0.5) is 0 Å². The van der Waals surface area contributed by atoms with Crippen LogP contribution in [-0.2, 0) is 11.2 Å². The van der Waals surface area contributed by atoms with Crippen molar-refractivity contribution in [3.8, 4) is 0 Å². The third-order valence-electron chi connectivity index (χ3n) is 5.91. The van der Waals surface area contributed by atoms with Crippen molar-refractivity contribution in [3.05, 3.63) is 35.9 Å². The first-order valence-corrected chi connectivity index (χ1v) is 11.1. The molecule has 1 aromatic carbocycles. The van der Waals surface area contributed by atoms with E-state index in [9.17, 15) is 4.79 Å². The molecular weight excluding hydrogens is 368 g/mol. The Morgan fingerprint density at radius 3 is 2.39 bits per heavy atom. The number of piperidine rings is 1. The fourth-order valence-electron chi connectivity index (χ4n) is 4.47. The predicted octanol–water partition coefficient (Wildman–Crippen LogP) is 0.809. The lowest BCUT2D eigenvalue weighted by molar-refractivity contribution is -0.896. The third kappa shape index (κ3) is 6.17. The zero-order chi connectivity index (χ0) is 19.9. The van der Waals surface area contributed by atoms with Crippen LogP contribution >= 0.6 is 12.2 Å². The van der Waals surface area contributed by atoms with Gasteiger partial charge in [0.25, 0.3) is 5.91 Å². The number of nitrogens with one attached hydrogen (secondary N) is 2. The van der Waals surface area contributed by atoms with Gasteiger partial charge in [-0.3, -0.25) is 4.79 Å². The Kier molecular flexibility index (Phi) is 7.68. The van der Waals surface area contributed by atoms with Crippen molar-refractivity contribution in [3.63, 3.8) is 0 Å². The number of rotatable bonds is 5. The van der Waals surface area contributed by atoms with Gasteiger partial charge in [-0.25, -0.2) is 0 Å². The highest BCUT2D eigenvalue weighted by Crippen LogP contribution is 2.20. The molecule has 5 nitrogen and oxygen atoms in total. The average Bonchev–Trinajstić information content (AvgIpc) is 2.68. The molecule has 2 aliphatic heterocycles. The molecule has 2 heterocycles. The van der Waals surface area contributed by atoms with Gasteiger partial charge >= 0.3 is 0 Å². The van der Waals surface area contributed by atoms with Crippen molar-refractivity contribution in [1.29, 1.82) is 0 Å². The molecule has 0 radical (unpaired) electrons. The summed E-state index contributed by atoms with van der Waals surface area (Å²) in [5, 5.41) is 4.24. The van der Waals surface area contributed by atoms with E-state index in [1.54, 1.807) is 0 Å². The lowest BCUT2D eigenvalue weighted by Gasteiger charge is -2.37. The summed E-state index contributed by atoms with van der Waals surface area (Å²) in [5.41, 5.74) is 1.33. The number of thiocarbonyl (C=S) groups is 1. The van der Waals surface area contributed by atoms with E-state index in [1.165, 1.54) is 16.9 Å². The highest BCUT2D eigenvalue weighted by molar-refractivity contribution is 7.80. The van der Waals surface area contributed by atoms with Crippen LogP contribution in [0.3, 0.4) is 0 Å². The van der Waals surface area contributed by atoms with Gasteiger partial charge in [-0.2, -0.15) is 0 Å². The Balaban J connectivity index is 1.35. The summed E-state index contributed by atoms with van der Waals surface area (Å²) in [6.45, 7) is 11.7. The number of nitrogens with zero attached hydrogens (tertiary/aromatic N) is 2. The van der Waals surface area contributed by atoms with E-state index in [0.717, 1.165) is 57.3 Å². The maximum absolute atomic E-state index is 12.7. The number of carbonyl (C=O) groups is 1. The summed E-state index contributed by atoms with van der Waals surface area (Å²) in [6.07, 6.45) is 2.22. The van der Waals surface area contributed by atoms with E-state index in [-0.39, 0.29) is 0 Å². The fraction of sp³-hybridized carbons (Fsp3) is 0.636. The second-order valence-corrected chi connectivity index (χ2v) is 9.01. The smallest absolute Gasteiger partial charge is 0.277 e. The van der Waals surface area contributed by atoms with Crippen LogP contribution in [0, 0.1) is 11.8 Å². The number of hydrogen-bond acceptors (Lipinski definition) is 2. The summed E-state index contributed by atoms with van der Waals surface area (Å²) in [7, 11) is 0. The van der Waals surface area contributed by atoms with Gasteiger partial charge < -0.3 is 20.0 Å². The van der Waals surface area contributed by atoms with E-state index in [2.05, 4.69) is 53.2 Å². The molecule has 0 aromatic heterocycles. The number of carbonyl (C=O) groups excluding carboxylic acids is 1. The minimum Gasteiger partial charge on any atom is -0.362 e. The normalized spacial score (nSPS) is 23.5. The molecule has 0 spiro atoms. The first-order valence-electron chi connectivity index (χ1n) is 10.7. The van der Waals surface area contributed by atoms with Crippen molar-refractivity contribution in [1.82, 2.24) is 15.1 Å². The van der Waals surface area contributed by atoms with Crippen LogP contribution < -0.4 is 10.2 Å². The zero-order valence-corrected chi connectivity index (χ0v) is 18.1. The van der Waals surface area contributed by atoms with E-state index in [0.29, 0.717) is 24.3 Å². The number of likely N-dealkylation sites (tertiary alicyclic amines) is 1. The average molecular weight is 404 g/mol. The molecule has 2 N–H and O–H groups in total. The molecule has 2 saturated heterocycles. The van der Waals surface area contributed by atoms with Gasteiger partial charge in [0, 0.05) is 19.6 Å². The van der Waals surface area contributed by atoms with Crippen molar-refractivity contribution in [2.45, 2.75) is 26.7 Å². The summed E-state index contributed by atoms with van der Waals surface area (Å²) in [4.78, 5) is 18.4. The molecule has 1 aromatic rings. The Bertz CT molecular complexity index is 635. The first kappa shape index (κ1) is 21.1. The SMILES string of the molecule is C[C@@H]1C[C@H](C)CN(C(=O)C[NH+]2CCN(C(=S)NCCc3ccccc3)CC2)C1. The Hall–Kier alpha value is -1.66. The zero-order valence-electron chi connectivity index (χ0n) is 17.3. The van der Waals surface area contributed by atoms with Crippen LogP contribution in [0.25, 0.3) is 0 Å². The van der Waals surface area contributed by atoms with E-state index >= 15 is 0 Å². The third-order valence-corrected chi connectivity index (χ3v) is 6.32. The Morgan fingerprint density at radius 1 is 1.11 bits per heavy atom. The van der Waals surface area contributed by atoms with Gasteiger partial charge in [0.05, 0.1) is 26.2 Å². The minimum absolute atomic E-state index is 0.324. The van der Waals surface area contributed by atoms with Crippen molar-refractivity contribution < 1.29 is 9.69 Å². The molecule has 0 unspecified atom stereocenters. The van der Waals surface area contributed by atoms with Gasteiger partial charge in [0.1, 0.15) is 0 Å². The van der Waals surface area contributed by atoms with Gasteiger partial charge in [0.2, 0.25) is 0 Å². The van der Waals surface area contributed by atoms with E-state index in [1.807, 2.05) is 6.07 Å². The number of benzene rings is 1. The lowest BCUT2D eigenvalue weighted by atomic mass is 9.92. The molecule has 154 valence electrons. The largest absolute Gasteiger partial charge is 0.362 e. The highest BCUT2D eigenvalue weighted by Gasteiger charge is 2.29. The summed E-state index contributed by atoms with van der Waals surface area (Å²) >= 11 is 5.57. The number of piperazine rings is 1. The van der Waals surface area contributed by atoms with E-state index < -0.39 is 0 Å². The van der Waals surface area contributed by atoms with Crippen LogP contribution in [0.1, 0.15) is 25.8 Å². The standard InChI is InChI=1S/C22H34N4OS/c1-18-14-19(2)16-26(15-18)21(27)17-24-10-12-25(13-11-24)22(28)23-9-8-20-6-4-3-5-7-20/h3-7,18-19H,8-17H2,1-2H3,(H,23,28)/p+1/t18-,19+. The molecule has 2 aliphatic rings. The van der Waals surface area contributed by atoms with E-state index in [4.69, 9.17) is 12.2 Å².